The third-order valence-corrected chi connectivity index (χ3v) is 1.64. The molecule has 4 N–H and O–H groups in total. The first-order valence-electron chi connectivity index (χ1n) is 3.22. The average molecular weight is 164 g/mol. The van der Waals surface area contributed by atoms with Crippen LogP contribution in [0.5, 0.6) is 0 Å². The van der Waals surface area contributed by atoms with Crippen molar-refractivity contribution in [2.75, 3.05) is 5.84 Å². The molecule has 1 heterocycles. The van der Waals surface area contributed by atoms with Crippen molar-refractivity contribution in [3.63, 3.8) is 0 Å². The van der Waals surface area contributed by atoms with Gasteiger partial charge in [-0.25, -0.2) is 4.85 Å². The summed E-state index contributed by atoms with van der Waals surface area (Å²) in [6.45, 7) is 8.39. The minimum absolute atomic E-state index is 0.151. The Balaban J connectivity index is 3.37. The zero-order valence-corrected chi connectivity index (χ0v) is 6.53. The van der Waals surface area contributed by atoms with E-state index in [-0.39, 0.29) is 5.69 Å². The van der Waals surface area contributed by atoms with Crippen LogP contribution in [0.3, 0.4) is 0 Å². The first-order valence-corrected chi connectivity index (χ1v) is 3.22. The van der Waals surface area contributed by atoms with Crippen LogP contribution < -0.4 is 11.6 Å². The Kier molecular flexibility index (Phi) is 1.75. The average Bonchev–Trinajstić information content (AvgIpc) is 2.30. The smallest absolute Gasteiger partial charge is 0.265 e. The fourth-order valence-electron chi connectivity index (χ4n) is 0.911. The number of nitrogens with two attached hydrogens (primary N) is 2. The van der Waals surface area contributed by atoms with E-state index in [1.807, 2.05) is 0 Å². The molecule has 0 radical (unpaired) electrons. The summed E-state index contributed by atoms with van der Waals surface area (Å²) in [6, 6.07) is 1.38. The molecule has 5 heteroatoms. The number of nitrogen functional groups attached to an aromatic ring is 1. The van der Waals surface area contributed by atoms with Crippen LogP contribution in [0, 0.1) is 13.5 Å². The van der Waals surface area contributed by atoms with Gasteiger partial charge in [0.2, 0.25) is 5.69 Å². The Morgan fingerprint density at radius 2 is 2.33 bits per heavy atom. The van der Waals surface area contributed by atoms with Crippen LogP contribution in [0.25, 0.3) is 4.85 Å². The van der Waals surface area contributed by atoms with Gasteiger partial charge >= 0.3 is 0 Å². The second-order valence-corrected chi connectivity index (χ2v) is 2.35. The fraction of sp³-hybridized carbons (Fsp3) is 0.143. The molecule has 5 nitrogen and oxygen atoms in total. The number of carbonyl (C=O) groups is 1. The molecule has 0 fully saturated rings. The molecule has 0 spiro atoms. The van der Waals surface area contributed by atoms with Crippen LogP contribution >= 0.6 is 0 Å². The van der Waals surface area contributed by atoms with Crippen molar-refractivity contribution in [2.24, 2.45) is 5.73 Å². The monoisotopic (exact) mass is 164 g/mol. The zero-order chi connectivity index (χ0) is 9.30. The van der Waals surface area contributed by atoms with Gasteiger partial charge in [0.15, 0.2) is 0 Å². The summed E-state index contributed by atoms with van der Waals surface area (Å²) in [5.74, 6) is 4.82. The molecule has 12 heavy (non-hydrogen) atoms. The Bertz CT molecular complexity index is 371. The predicted octanol–water partition coefficient (Wildman–Crippen LogP) is 0.160. The van der Waals surface area contributed by atoms with Crippen molar-refractivity contribution in [3.05, 3.63) is 28.9 Å². The largest absolute Gasteiger partial charge is 0.364 e. The molecular weight excluding hydrogens is 156 g/mol. The van der Waals surface area contributed by atoms with E-state index < -0.39 is 5.91 Å². The number of hydrogen-bond donors (Lipinski definition) is 2. The highest BCUT2D eigenvalue weighted by Crippen LogP contribution is 2.20. The van der Waals surface area contributed by atoms with Gasteiger partial charge in [0.1, 0.15) is 5.69 Å². The van der Waals surface area contributed by atoms with Crippen molar-refractivity contribution in [2.45, 2.75) is 6.92 Å². The summed E-state index contributed by atoms with van der Waals surface area (Å²) in [4.78, 5) is 13.9. The number of nitrogens with zero attached hydrogens (tertiary/aromatic N) is 2. The van der Waals surface area contributed by atoms with E-state index >= 15 is 0 Å². The third-order valence-electron chi connectivity index (χ3n) is 1.64. The van der Waals surface area contributed by atoms with Crippen molar-refractivity contribution in [1.29, 1.82) is 0 Å². The highest BCUT2D eigenvalue weighted by Gasteiger charge is 2.12. The molecule has 1 aromatic heterocycles. The molecular formula is C7H8N4O. The van der Waals surface area contributed by atoms with Crippen LogP contribution in [0.2, 0.25) is 0 Å². The molecule has 1 amide bonds. The number of primary amides is 1. The highest BCUT2D eigenvalue weighted by molar-refractivity contribution is 5.93. The molecule has 1 rings (SSSR count). The summed E-state index contributed by atoms with van der Waals surface area (Å²) in [6.07, 6.45) is 0. The maximum absolute atomic E-state index is 10.7. The van der Waals surface area contributed by atoms with Crippen molar-refractivity contribution in [1.82, 2.24) is 4.68 Å². The van der Waals surface area contributed by atoms with Crippen LogP contribution in [0.1, 0.15) is 16.2 Å². The predicted molar refractivity (Wildman–Crippen MR) is 44.1 cm³/mol. The van der Waals surface area contributed by atoms with Gasteiger partial charge in [-0.2, -0.15) is 0 Å². The Hall–Kier alpha value is -1.96. The molecule has 62 valence electrons. The van der Waals surface area contributed by atoms with Crippen LogP contribution in [0.4, 0.5) is 5.69 Å². The quantitative estimate of drug-likeness (QED) is 0.458. The van der Waals surface area contributed by atoms with E-state index in [1.54, 1.807) is 6.92 Å². The van der Waals surface area contributed by atoms with Gasteiger partial charge in [0, 0.05) is 5.69 Å². The minimum atomic E-state index is -0.629. The molecule has 0 aromatic carbocycles. The maximum atomic E-state index is 10.7. The van der Waals surface area contributed by atoms with E-state index in [2.05, 4.69) is 4.85 Å². The summed E-state index contributed by atoms with van der Waals surface area (Å²) in [5, 5.41) is 0. The van der Waals surface area contributed by atoms with Gasteiger partial charge in [-0.05, 0) is 13.0 Å². The molecule has 0 saturated carbocycles. The van der Waals surface area contributed by atoms with Crippen molar-refractivity contribution in [3.8, 4) is 0 Å². The van der Waals surface area contributed by atoms with E-state index in [9.17, 15) is 4.79 Å². The van der Waals surface area contributed by atoms with Crippen molar-refractivity contribution >= 4 is 11.6 Å². The van der Waals surface area contributed by atoms with Gasteiger partial charge in [0.05, 0.1) is 6.57 Å². The Labute approximate surface area is 69.4 Å². The Morgan fingerprint density at radius 1 is 1.75 bits per heavy atom. The van der Waals surface area contributed by atoms with Gasteiger partial charge in [0.25, 0.3) is 5.91 Å². The normalized spacial score (nSPS) is 9.33. The molecule has 0 bridgehead atoms. The van der Waals surface area contributed by atoms with Gasteiger partial charge in [-0.15, -0.1) is 0 Å². The maximum Gasteiger partial charge on any atom is 0.265 e. The highest BCUT2D eigenvalue weighted by atomic mass is 16.1. The van der Waals surface area contributed by atoms with E-state index in [0.717, 1.165) is 4.68 Å². The van der Waals surface area contributed by atoms with Gasteiger partial charge in [-0.3, -0.25) is 9.47 Å². The third kappa shape index (κ3) is 0.992. The number of amides is 1. The number of hydrogen-bond acceptors (Lipinski definition) is 2. The summed E-state index contributed by atoms with van der Waals surface area (Å²) >= 11 is 0. The molecule has 0 saturated heterocycles. The second kappa shape index (κ2) is 2.58. The summed E-state index contributed by atoms with van der Waals surface area (Å²) in [5.41, 5.74) is 6.05. The Morgan fingerprint density at radius 3 is 2.58 bits per heavy atom. The van der Waals surface area contributed by atoms with Crippen LogP contribution in [-0.4, -0.2) is 10.6 Å². The molecule has 0 aliphatic rings. The lowest BCUT2D eigenvalue weighted by atomic mass is 10.4. The number of rotatable bonds is 1. The zero-order valence-electron chi connectivity index (χ0n) is 6.53. The first-order chi connectivity index (χ1) is 5.57. The van der Waals surface area contributed by atoms with Crippen molar-refractivity contribution < 1.29 is 4.79 Å². The van der Waals surface area contributed by atoms with Crippen LogP contribution in [-0.2, 0) is 0 Å². The lowest BCUT2D eigenvalue weighted by molar-refractivity contribution is 0.0993. The summed E-state index contributed by atoms with van der Waals surface area (Å²) < 4.78 is 1.12. The lowest BCUT2D eigenvalue weighted by Gasteiger charge is -2.00. The van der Waals surface area contributed by atoms with E-state index in [0.29, 0.717) is 11.4 Å². The van der Waals surface area contributed by atoms with Gasteiger partial charge < -0.3 is 11.6 Å². The van der Waals surface area contributed by atoms with Gasteiger partial charge in [-0.1, -0.05) is 0 Å². The fourth-order valence-corrected chi connectivity index (χ4v) is 0.911. The standard InChI is InChI=1S/C7H8N4O/c1-4-5(10-2)3-6(7(8)12)11(4)9/h3H,9H2,1H3,(H2,8,12). The van der Waals surface area contributed by atoms with Crippen LogP contribution in [0.15, 0.2) is 6.07 Å². The lowest BCUT2D eigenvalue weighted by Crippen LogP contribution is -2.22. The first kappa shape index (κ1) is 8.14. The number of carbonyl (C=O) groups excluding carboxylic acids is 1. The molecule has 0 aliphatic carbocycles. The molecule has 0 unspecified atom stereocenters. The topological polar surface area (TPSA) is 78.4 Å². The molecule has 1 aromatic rings. The molecule has 0 aliphatic heterocycles. The number of aromatic nitrogens is 1. The minimum Gasteiger partial charge on any atom is -0.364 e. The summed E-state index contributed by atoms with van der Waals surface area (Å²) in [7, 11) is 0. The molecule has 0 atom stereocenters. The van der Waals surface area contributed by atoms with E-state index in [4.69, 9.17) is 18.1 Å². The van der Waals surface area contributed by atoms with E-state index in [1.165, 1.54) is 6.07 Å². The SMILES string of the molecule is [C-]#[N+]c1cc(C(N)=O)n(N)c1C. The second-order valence-electron chi connectivity index (χ2n) is 2.35.